The van der Waals surface area contributed by atoms with Gasteiger partial charge in [0.2, 0.25) is 0 Å². The van der Waals surface area contributed by atoms with Crippen LogP contribution in [0.25, 0.3) is 17.1 Å². The summed E-state index contributed by atoms with van der Waals surface area (Å²) in [7, 11) is 2.97. The van der Waals surface area contributed by atoms with Gasteiger partial charge in [-0.05, 0) is 43.3 Å². The number of carbonyl (C=O) groups excluding carboxylic acids is 1. The summed E-state index contributed by atoms with van der Waals surface area (Å²) >= 11 is 7.31. The molecule has 6 nitrogen and oxygen atoms in total. The molecule has 0 aliphatic heterocycles. The van der Waals surface area contributed by atoms with Gasteiger partial charge in [-0.2, -0.15) is 0 Å². The molecule has 0 fully saturated rings. The zero-order valence-corrected chi connectivity index (χ0v) is 16.6. The van der Waals surface area contributed by atoms with Crippen LogP contribution in [-0.4, -0.2) is 40.2 Å². The molecule has 0 aliphatic carbocycles. The number of hydrogen-bond donors (Lipinski definition) is 0. The second kappa shape index (κ2) is 8.45. The lowest BCUT2D eigenvalue weighted by atomic mass is 10.2. The highest BCUT2D eigenvalue weighted by molar-refractivity contribution is 8.00. The Labute approximate surface area is 166 Å². The molecule has 0 amide bonds. The Balaban J connectivity index is 2.14. The van der Waals surface area contributed by atoms with E-state index in [1.165, 1.54) is 18.9 Å². The first-order chi connectivity index (χ1) is 13.0. The fourth-order valence-corrected chi connectivity index (χ4v) is 3.57. The second-order valence-corrected chi connectivity index (χ2v) is 7.35. The number of carbonyl (C=O) groups is 1. The van der Waals surface area contributed by atoms with Crippen LogP contribution in [0.4, 0.5) is 0 Å². The maximum absolute atomic E-state index is 11.8. The zero-order chi connectivity index (χ0) is 19.4. The summed E-state index contributed by atoms with van der Waals surface area (Å²) in [5, 5.41) is 9.42. The van der Waals surface area contributed by atoms with Gasteiger partial charge in [-0.25, -0.2) is 0 Å². The third-order valence-corrected chi connectivity index (χ3v) is 5.15. The molecule has 3 rings (SSSR count). The third-order valence-electron chi connectivity index (χ3n) is 3.88. The van der Waals surface area contributed by atoms with Crippen LogP contribution < -0.4 is 4.74 Å². The van der Waals surface area contributed by atoms with Crippen molar-refractivity contribution < 1.29 is 14.3 Å². The van der Waals surface area contributed by atoms with E-state index < -0.39 is 5.25 Å². The van der Waals surface area contributed by atoms with E-state index in [-0.39, 0.29) is 5.97 Å². The van der Waals surface area contributed by atoms with Crippen LogP contribution in [0.2, 0.25) is 5.02 Å². The lowest BCUT2D eigenvalue weighted by Gasteiger charge is -2.14. The molecule has 0 bridgehead atoms. The molecule has 0 saturated heterocycles. The summed E-state index contributed by atoms with van der Waals surface area (Å²) in [5.41, 5.74) is 1.62. The van der Waals surface area contributed by atoms with Gasteiger partial charge in [0.25, 0.3) is 0 Å². The molecule has 0 N–H and O–H groups in total. The van der Waals surface area contributed by atoms with Gasteiger partial charge in [-0.1, -0.05) is 35.5 Å². The quantitative estimate of drug-likeness (QED) is 0.452. The van der Waals surface area contributed by atoms with Gasteiger partial charge in [-0.3, -0.25) is 9.36 Å². The molecule has 0 spiro atoms. The fourth-order valence-electron chi connectivity index (χ4n) is 2.55. The van der Waals surface area contributed by atoms with Crippen molar-refractivity contribution in [3.05, 3.63) is 53.6 Å². The molecule has 1 heterocycles. The zero-order valence-electron chi connectivity index (χ0n) is 15.0. The molecule has 2 aromatic carbocycles. The largest absolute Gasteiger partial charge is 0.496 e. The van der Waals surface area contributed by atoms with Crippen molar-refractivity contribution in [2.24, 2.45) is 0 Å². The first-order valence-electron chi connectivity index (χ1n) is 8.14. The second-order valence-electron chi connectivity index (χ2n) is 5.60. The third kappa shape index (κ3) is 4.09. The van der Waals surface area contributed by atoms with Crippen LogP contribution >= 0.6 is 23.4 Å². The molecule has 1 aromatic heterocycles. The number of halogens is 1. The van der Waals surface area contributed by atoms with Crippen molar-refractivity contribution in [2.45, 2.75) is 17.3 Å². The van der Waals surface area contributed by atoms with Gasteiger partial charge in [-0.15, -0.1) is 10.2 Å². The van der Waals surface area contributed by atoms with Crippen molar-refractivity contribution in [2.75, 3.05) is 14.2 Å². The lowest BCUT2D eigenvalue weighted by Crippen LogP contribution is -2.15. The van der Waals surface area contributed by atoms with E-state index in [0.717, 1.165) is 11.3 Å². The number of methoxy groups -OCH3 is 2. The summed E-state index contributed by atoms with van der Waals surface area (Å²) in [5.74, 6) is 0.955. The number of aromatic nitrogens is 3. The number of ether oxygens (including phenoxy) is 2. The molecular weight excluding hydrogens is 386 g/mol. The maximum Gasteiger partial charge on any atom is 0.318 e. The van der Waals surface area contributed by atoms with Crippen LogP contribution in [0, 0.1) is 0 Å². The monoisotopic (exact) mass is 403 g/mol. The summed E-state index contributed by atoms with van der Waals surface area (Å²) in [6, 6.07) is 14.9. The molecule has 1 unspecified atom stereocenters. The highest BCUT2D eigenvalue weighted by Crippen LogP contribution is 2.34. The van der Waals surface area contributed by atoms with E-state index in [9.17, 15) is 4.79 Å². The standard InChI is InChI=1S/C19H18ClN3O3S/c1-12(18(24)26-3)27-19-22-21-17(15-6-4-5-7-16(15)25-2)23(19)14-10-8-13(20)9-11-14/h4-12H,1-3H3. The summed E-state index contributed by atoms with van der Waals surface area (Å²) < 4.78 is 12.2. The predicted octanol–water partition coefficient (Wildman–Crippen LogP) is 4.25. The van der Waals surface area contributed by atoms with E-state index in [1.54, 1.807) is 26.2 Å². The minimum Gasteiger partial charge on any atom is -0.496 e. The Morgan fingerprint density at radius 1 is 1.11 bits per heavy atom. The van der Waals surface area contributed by atoms with Crippen molar-refractivity contribution >= 4 is 29.3 Å². The fraction of sp³-hybridized carbons (Fsp3) is 0.211. The number of para-hydroxylation sites is 1. The van der Waals surface area contributed by atoms with Gasteiger partial charge in [0.05, 0.1) is 19.8 Å². The molecule has 27 heavy (non-hydrogen) atoms. The molecule has 140 valence electrons. The van der Waals surface area contributed by atoms with Gasteiger partial charge in [0.1, 0.15) is 11.0 Å². The topological polar surface area (TPSA) is 66.2 Å². The van der Waals surface area contributed by atoms with E-state index >= 15 is 0 Å². The van der Waals surface area contributed by atoms with Gasteiger partial charge < -0.3 is 9.47 Å². The molecule has 0 aliphatic rings. The molecule has 0 radical (unpaired) electrons. The van der Waals surface area contributed by atoms with Crippen molar-refractivity contribution in [3.63, 3.8) is 0 Å². The lowest BCUT2D eigenvalue weighted by molar-refractivity contribution is -0.139. The van der Waals surface area contributed by atoms with E-state index in [4.69, 9.17) is 21.1 Å². The van der Waals surface area contributed by atoms with Crippen LogP contribution in [0.5, 0.6) is 5.75 Å². The Hall–Kier alpha value is -2.51. The molecule has 3 aromatic rings. The minimum atomic E-state index is -0.434. The highest BCUT2D eigenvalue weighted by Gasteiger charge is 2.23. The van der Waals surface area contributed by atoms with Gasteiger partial charge in [0.15, 0.2) is 11.0 Å². The van der Waals surface area contributed by atoms with E-state index in [1.807, 2.05) is 41.0 Å². The summed E-state index contributed by atoms with van der Waals surface area (Å²) in [6.07, 6.45) is 0. The maximum atomic E-state index is 11.8. The average Bonchev–Trinajstić information content (AvgIpc) is 3.11. The number of nitrogens with zero attached hydrogens (tertiary/aromatic N) is 3. The van der Waals surface area contributed by atoms with E-state index in [0.29, 0.717) is 21.8 Å². The summed E-state index contributed by atoms with van der Waals surface area (Å²) in [6.45, 7) is 1.76. The Kier molecular flexibility index (Phi) is 6.03. The van der Waals surface area contributed by atoms with E-state index in [2.05, 4.69) is 10.2 Å². The minimum absolute atomic E-state index is 0.329. The number of esters is 1. The molecular formula is C19H18ClN3O3S. The Morgan fingerprint density at radius 3 is 2.48 bits per heavy atom. The smallest absolute Gasteiger partial charge is 0.318 e. The van der Waals surface area contributed by atoms with Gasteiger partial charge in [0, 0.05) is 10.7 Å². The Bertz CT molecular complexity index is 944. The molecule has 8 heteroatoms. The first-order valence-corrected chi connectivity index (χ1v) is 9.40. The normalized spacial score (nSPS) is 11.9. The van der Waals surface area contributed by atoms with Crippen LogP contribution in [0.15, 0.2) is 53.7 Å². The number of hydrogen-bond acceptors (Lipinski definition) is 6. The van der Waals surface area contributed by atoms with Gasteiger partial charge >= 0.3 is 5.97 Å². The highest BCUT2D eigenvalue weighted by atomic mass is 35.5. The number of benzene rings is 2. The van der Waals surface area contributed by atoms with Crippen molar-refractivity contribution in [1.82, 2.24) is 14.8 Å². The first kappa shape index (κ1) is 19.3. The average molecular weight is 404 g/mol. The summed E-state index contributed by atoms with van der Waals surface area (Å²) in [4.78, 5) is 11.8. The van der Waals surface area contributed by atoms with Crippen molar-refractivity contribution in [1.29, 1.82) is 0 Å². The predicted molar refractivity (Wildman–Crippen MR) is 106 cm³/mol. The Morgan fingerprint density at radius 2 is 1.81 bits per heavy atom. The van der Waals surface area contributed by atoms with Crippen LogP contribution in [0.3, 0.4) is 0 Å². The van der Waals surface area contributed by atoms with Crippen molar-refractivity contribution in [3.8, 4) is 22.8 Å². The SMILES string of the molecule is COC(=O)C(C)Sc1nnc(-c2ccccc2OC)n1-c1ccc(Cl)cc1. The molecule has 1 atom stereocenters. The number of thioether (sulfide) groups is 1. The van der Waals surface area contributed by atoms with Crippen LogP contribution in [-0.2, 0) is 9.53 Å². The number of rotatable bonds is 6. The van der Waals surface area contributed by atoms with Crippen LogP contribution in [0.1, 0.15) is 6.92 Å². The molecule has 0 saturated carbocycles.